The van der Waals surface area contributed by atoms with Crippen molar-refractivity contribution in [1.29, 1.82) is 0 Å². The van der Waals surface area contributed by atoms with Crippen LogP contribution in [0.3, 0.4) is 0 Å². The number of hydrogen-bond donors (Lipinski definition) is 3. The van der Waals surface area contributed by atoms with Gasteiger partial charge in [-0.15, -0.1) is 0 Å². The minimum Gasteiger partial charge on any atom is -0.389 e. The second-order valence-electron chi connectivity index (χ2n) is 4.35. The zero-order chi connectivity index (χ0) is 15.2. The van der Waals surface area contributed by atoms with Gasteiger partial charge in [0.2, 0.25) is 0 Å². The molecular weight excluding hydrogens is 289 g/mol. The van der Waals surface area contributed by atoms with Crippen LogP contribution in [-0.2, 0) is 6.54 Å². The van der Waals surface area contributed by atoms with E-state index in [9.17, 15) is 9.18 Å². The first-order valence-corrected chi connectivity index (χ1v) is 6.65. The topological polar surface area (TPSA) is 67.1 Å². The second-order valence-corrected chi connectivity index (χ2v) is 4.79. The van der Waals surface area contributed by atoms with Gasteiger partial charge in [0.15, 0.2) is 0 Å². The highest BCUT2D eigenvalue weighted by atomic mass is 32.1. The maximum Gasteiger partial charge on any atom is 0.319 e. The van der Waals surface area contributed by atoms with Crippen LogP contribution in [0.4, 0.5) is 14.9 Å². The summed E-state index contributed by atoms with van der Waals surface area (Å²) in [6, 6.07) is 12.7. The van der Waals surface area contributed by atoms with E-state index in [0.717, 1.165) is 11.1 Å². The van der Waals surface area contributed by atoms with Crippen LogP contribution in [0, 0.1) is 5.82 Å². The van der Waals surface area contributed by atoms with Crippen molar-refractivity contribution < 1.29 is 9.18 Å². The van der Waals surface area contributed by atoms with Gasteiger partial charge in [0, 0.05) is 12.1 Å². The zero-order valence-electron chi connectivity index (χ0n) is 11.1. The van der Waals surface area contributed by atoms with E-state index in [4.69, 9.17) is 18.0 Å². The summed E-state index contributed by atoms with van der Waals surface area (Å²) >= 11 is 4.89. The van der Waals surface area contributed by atoms with Gasteiger partial charge in [0.25, 0.3) is 0 Å². The first-order valence-electron chi connectivity index (χ1n) is 6.24. The number of urea groups is 1. The fourth-order valence-corrected chi connectivity index (χ4v) is 1.87. The highest BCUT2D eigenvalue weighted by Gasteiger charge is 2.06. The number of nitrogens with one attached hydrogen (secondary N) is 2. The predicted molar refractivity (Wildman–Crippen MR) is 84.6 cm³/mol. The molecule has 2 aromatic carbocycles. The molecule has 2 aromatic rings. The number of anilines is 1. The third-order valence-corrected chi connectivity index (χ3v) is 3.02. The van der Waals surface area contributed by atoms with Crippen molar-refractivity contribution in [3.8, 4) is 0 Å². The predicted octanol–water partition coefficient (Wildman–Crippen LogP) is 2.78. The number of carbonyl (C=O) groups excluding carboxylic acids is 1. The van der Waals surface area contributed by atoms with Gasteiger partial charge in [-0.25, -0.2) is 9.18 Å². The summed E-state index contributed by atoms with van der Waals surface area (Å²) in [4.78, 5) is 12.0. The van der Waals surface area contributed by atoms with Crippen LogP contribution in [0.25, 0.3) is 0 Å². The van der Waals surface area contributed by atoms with E-state index in [0.29, 0.717) is 4.99 Å². The van der Waals surface area contributed by atoms with E-state index < -0.39 is 11.8 Å². The Kier molecular flexibility index (Phi) is 4.84. The number of thiocarbonyl (C=S) groups is 1. The van der Waals surface area contributed by atoms with Gasteiger partial charge in [-0.05, 0) is 23.8 Å². The summed E-state index contributed by atoms with van der Waals surface area (Å²) in [6.45, 7) is 0.288. The monoisotopic (exact) mass is 303 g/mol. The zero-order valence-corrected chi connectivity index (χ0v) is 11.9. The number of amides is 2. The van der Waals surface area contributed by atoms with Gasteiger partial charge in [0.05, 0.1) is 5.69 Å². The van der Waals surface area contributed by atoms with Crippen molar-refractivity contribution in [1.82, 2.24) is 5.32 Å². The average Bonchev–Trinajstić information content (AvgIpc) is 2.48. The van der Waals surface area contributed by atoms with Crippen LogP contribution in [0.5, 0.6) is 0 Å². The largest absolute Gasteiger partial charge is 0.389 e. The van der Waals surface area contributed by atoms with Crippen LogP contribution >= 0.6 is 12.2 Å². The van der Waals surface area contributed by atoms with E-state index in [2.05, 4.69) is 10.6 Å². The number of rotatable bonds is 4. The Morgan fingerprint density at radius 2 is 1.95 bits per heavy atom. The maximum atomic E-state index is 13.4. The third kappa shape index (κ3) is 4.25. The molecule has 0 saturated heterocycles. The first kappa shape index (κ1) is 14.9. The molecule has 0 fully saturated rings. The molecule has 2 rings (SSSR count). The van der Waals surface area contributed by atoms with E-state index in [1.807, 2.05) is 6.07 Å². The molecule has 0 bridgehead atoms. The fourth-order valence-electron chi connectivity index (χ4n) is 1.75. The Hall–Kier alpha value is -2.47. The van der Waals surface area contributed by atoms with Gasteiger partial charge in [0.1, 0.15) is 10.8 Å². The van der Waals surface area contributed by atoms with Crippen LogP contribution in [-0.4, -0.2) is 11.0 Å². The molecule has 0 spiro atoms. The first-order chi connectivity index (χ1) is 10.1. The Morgan fingerprint density at radius 1 is 1.19 bits per heavy atom. The van der Waals surface area contributed by atoms with Crippen LogP contribution < -0.4 is 16.4 Å². The normalized spacial score (nSPS) is 9.95. The molecule has 4 N–H and O–H groups in total. The molecule has 0 atom stereocenters. The number of benzene rings is 2. The summed E-state index contributed by atoms with van der Waals surface area (Å²) in [5.74, 6) is -0.483. The van der Waals surface area contributed by atoms with E-state index in [1.165, 1.54) is 12.1 Å². The number of hydrogen-bond acceptors (Lipinski definition) is 2. The molecule has 6 heteroatoms. The van der Waals surface area contributed by atoms with Crippen molar-refractivity contribution in [3.63, 3.8) is 0 Å². The van der Waals surface area contributed by atoms with Gasteiger partial charge in [-0.1, -0.05) is 42.5 Å². The molecule has 108 valence electrons. The Bertz CT molecular complexity index is 675. The Morgan fingerprint density at radius 3 is 2.67 bits per heavy atom. The standard InChI is InChI=1S/C15H14FN3OS/c16-12-6-1-2-7-13(12)19-15(20)18-9-10-4-3-5-11(8-10)14(17)21/h1-8H,9H2,(H2,17,21)(H2,18,19,20). The SMILES string of the molecule is NC(=S)c1cccc(CNC(=O)Nc2ccccc2F)c1. The maximum absolute atomic E-state index is 13.4. The van der Waals surface area contributed by atoms with Gasteiger partial charge >= 0.3 is 6.03 Å². The molecule has 0 aromatic heterocycles. The lowest BCUT2D eigenvalue weighted by Crippen LogP contribution is -2.28. The molecule has 0 heterocycles. The average molecular weight is 303 g/mol. The van der Waals surface area contributed by atoms with E-state index >= 15 is 0 Å². The number of carbonyl (C=O) groups is 1. The minimum atomic E-state index is -0.485. The van der Waals surface area contributed by atoms with Crippen molar-refractivity contribution in [2.45, 2.75) is 6.54 Å². The van der Waals surface area contributed by atoms with Crippen molar-refractivity contribution in [3.05, 3.63) is 65.5 Å². The van der Waals surface area contributed by atoms with Crippen LogP contribution in [0.2, 0.25) is 0 Å². The molecule has 0 aliphatic rings. The Labute approximate surface area is 127 Å². The van der Waals surface area contributed by atoms with Gasteiger partial charge in [-0.2, -0.15) is 0 Å². The van der Waals surface area contributed by atoms with E-state index in [-0.39, 0.29) is 12.2 Å². The summed E-state index contributed by atoms with van der Waals surface area (Å²) in [5.41, 5.74) is 7.26. The third-order valence-electron chi connectivity index (χ3n) is 2.79. The lowest BCUT2D eigenvalue weighted by molar-refractivity contribution is 0.251. The molecule has 4 nitrogen and oxygen atoms in total. The van der Waals surface area contributed by atoms with Gasteiger partial charge < -0.3 is 16.4 Å². The van der Waals surface area contributed by atoms with Crippen molar-refractivity contribution in [2.75, 3.05) is 5.32 Å². The molecule has 2 amide bonds. The Balaban J connectivity index is 1.94. The second kappa shape index (κ2) is 6.81. The number of halogens is 1. The minimum absolute atomic E-state index is 0.131. The molecule has 0 radical (unpaired) electrons. The number of nitrogens with two attached hydrogens (primary N) is 1. The molecule has 0 saturated carbocycles. The fraction of sp³-hybridized carbons (Fsp3) is 0.0667. The molecule has 21 heavy (non-hydrogen) atoms. The molecule has 0 aliphatic carbocycles. The van der Waals surface area contributed by atoms with Crippen molar-refractivity contribution >= 4 is 28.9 Å². The summed E-state index contributed by atoms with van der Waals surface area (Å²) in [7, 11) is 0. The molecular formula is C15H14FN3OS. The van der Waals surface area contributed by atoms with Crippen LogP contribution in [0.15, 0.2) is 48.5 Å². The van der Waals surface area contributed by atoms with Gasteiger partial charge in [-0.3, -0.25) is 0 Å². The molecule has 0 unspecified atom stereocenters. The highest BCUT2D eigenvalue weighted by molar-refractivity contribution is 7.80. The summed E-state index contributed by atoms with van der Waals surface area (Å²) in [5, 5.41) is 5.08. The lowest BCUT2D eigenvalue weighted by Gasteiger charge is -2.09. The summed E-state index contributed by atoms with van der Waals surface area (Å²) < 4.78 is 13.4. The quantitative estimate of drug-likeness (QED) is 0.761. The van der Waals surface area contributed by atoms with Crippen LogP contribution in [0.1, 0.15) is 11.1 Å². The number of para-hydroxylation sites is 1. The summed E-state index contributed by atoms with van der Waals surface area (Å²) in [6.07, 6.45) is 0. The molecule has 0 aliphatic heterocycles. The van der Waals surface area contributed by atoms with E-state index in [1.54, 1.807) is 30.3 Å². The highest BCUT2D eigenvalue weighted by Crippen LogP contribution is 2.12. The smallest absolute Gasteiger partial charge is 0.319 e. The lowest BCUT2D eigenvalue weighted by atomic mass is 10.1. The van der Waals surface area contributed by atoms with Crippen molar-refractivity contribution in [2.24, 2.45) is 5.73 Å².